The van der Waals surface area contributed by atoms with Gasteiger partial charge in [-0.05, 0) is 70.7 Å². The van der Waals surface area contributed by atoms with Gasteiger partial charge in [0, 0.05) is 62.4 Å². The Hall–Kier alpha value is -5.91. The molecular formula is C48H35ClN2S2. The van der Waals surface area contributed by atoms with E-state index in [0.717, 1.165) is 20.7 Å². The molecule has 53 heavy (non-hydrogen) atoms. The van der Waals surface area contributed by atoms with E-state index in [0.29, 0.717) is 5.69 Å². The van der Waals surface area contributed by atoms with Gasteiger partial charge < -0.3 is 11.1 Å². The lowest BCUT2D eigenvalue weighted by atomic mass is 10.0. The standard InChI is InChI=1S/C24H17NS.C18H11ClS.C6H7N/c1-3-8-17(9-4-1)20-12-7-13-22-21-15-14-19(16-23(21)26-24(20)22)25-18-10-5-2-6-11-18;19-13-9-10-15-16-8-4-7-14(12-5-2-1-3-6-12)18(16)20-17(15)11-13;7-6-4-2-1-3-5-6/h1-16,25H;1-11H;1-5H,7H2/i2D,5D,6D,10D,11D;;1D,2D,3D,4D,5D. The number of nitrogen functional groups attached to an aromatic ring is 1. The lowest BCUT2D eigenvalue weighted by Crippen LogP contribution is -1.88. The van der Waals surface area contributed by atoms with Crippen molar-refractivity contribution in [1.82, 2.24) is 0 Å². The molecule has 0 atom stereocenters. The van der Waals surface area contributed by atoms with Gasteiger partial charge in [0.05, 0.1) is 13.7 Å². The van der Waals surface area contributed by atoms with Gasteiger partial charge in [0.2, 0.25) is 0 Å². The van der Waals surface area contributed by atoms with Crippen molar-refractivity contribution in [2.24, 2.45) is 0 Å². The van der Waals surface area contributed by atoms with E-state index in [1.54, 1.807) is 11.3 Å². The van der Waals surface area contributed by atoms with Gasteiger partial charge in [-0.2, -0.15) is 0 Å². The lowest BCUT2D eigenvalue weighted by molar-refractivity contribution is 1.57. The third-order valence-electron chi connectivity index (χ3n) is 8.42. The summed E-state index contributed by atoms with van der Waals surface area (Å²) in [6.45, 7) is 0. The Balaban J connectivity index is 0.000000145. The molecule has 0 unspecified atom stereocenters. The molecule has 0 fully saturated rings. The van der Waals surface area contributed by atoms with Crippen molar-refractivity contribution in [3.05, 3.63) is 199 Å². The largest absolute Gasteiger partial charge is 0.399 e. The number of hydrogen-bond donors (Lipinski definition) is 2. The van der Waals surface area contributed by atoms with Crippen LogP contribution in [-0.4, -0.2) is 0 Å². The van der Waals surface area contributed by atoms with Crippen molar-refractivity contribution in [3.8, 4) is 22.3 Å². The first-order valence-corrected chi connectivity index (χ1v) is 18.6. The topological polar surface area (TPSA) is 38.0 Å². The third-order valence-corrected chi connectivity index (χ3v) is 11.1. The first-order valence-electron chi connectivity index (χ1n) is 21.6. The Morgan fingerprint density at radius 1 is 0.472 bits per heavy atom. The van der Waals surface area contributed by atoms with Crippen LogP contribution in [0.15, 0.2) is 194 Å². The Morgan fingerprint density at radius 3 is 1.55 bits per heavy atom. The molecule has 8 aromatic carbocycles. The first kappa shape index (κ1) is 24.4. The molecule has 2 aromatic heterocycles. The van der Waals surface area contributed by atoms with Crippen LogP contribution in [0.3, 0.4) is 0 Å². The molecule has 0 spiro atoms. The molecule has 3 N–H and O–H groups in total. The van der Waals surface area contributed by atoms with Crippen LogP contribution in [-0.2, 0) is 0 Å². The Bertz CT molecular complexity index is 3220. The summed E-state index contributed by atoms with van der Waals surface area (Å²) in [4.78, 5) is 0. The van der Waals surface area contributed by atoms with Crippen LogP contribution in [0.4, 0.5) is 17.1 Å². The maximum Gasteiger partial charge on any atom is 0.0645 e. The number of hydrogen-bond acceptors (Lipinski definition) is 4. The zero-order valence-corrected chi connectivity index (χ0v) is 30.4. The van der Waals surface area contributed by atoms with E-state index in [9.17, 15) is 0 Å². The molecule has 0 bridgehead atoms. The molecule has 0 saturated heterocycles. The fraction of sp³-hybridized carbons (Fsp3) is 0. The van der Waals surface area contributed by atoms with Gasteiger partial charge in [-0.1, -0.05) is 157 Å². The van der Waals surface area contributed by atoms with Gasteiger partial charge in [-0.3, -0.25) is 0 Å². The van der Waals surface area contributed by atoms with Crippen molar-refractivity contribution in [1.29, 1.82) is 0 Å². The summed E-state index contributed by atoms with van der Waals surface area (Å²) in [6, 6.07) is 42.1. The minimum Gasteiger partial charge on any atom is -0.399 e. The quantitative estimate of drug-likeness (QED) is 0.176. The summed E-state index contributed by atoms with van der Waals surface area (Å²) in [6.07, 6.45) is 0. The molecule has 0 radical (unpaired) electrons. The molecule has 256 valence electrons. The van der Waals surface area contributed by atoms with Gasteiger partial charge in [0.15, 0.2) is 0 Å². The molecule has 0 aliphatic carbocycles. The molecule has 0 saturated carbocycles. The van der Waals surface area contributed by atoms with E-state index in [2.05, 4.69) is 90.2 Å². The highest BCUT2D eigenvalue weighted by atomic mass is 35.5. The number of benzene rings is 8. The zero-order chi connectivity index (χ0) is 44.7. The van der Waals surface area contributed by atoms with Crippen LogP contribution >= 0.6 is 34.3 Å². The predicted molar refractivity (Wildman–Crippen MR) is 235 cm³/mol. The number of anilines is 3. The van der Waals surface area contributed by atoms with Crippen LogP contribution < -0.4 is 11.1 Å². The molecule has 2 heterocycles. The van der Waals surface area contributed by atoms with Crippen molar-refractivity contribution >= 4 is 91.7 Å². The van der Waals surface area contributed by atoms with E-state index in [-0.39, 0.29) is 47.6 Å². The van der Waals surface area contributed by atoms with Crippen molar-refractivity contribution in [3.63, 3.8) is 0 Å². The minimum atomic E-state index is -0.417. The summed E-state index contributed by atoms with van der Waals surface area (Å²) in [7, 11) is 0. The van der Waals surface area contributed by atoms with Crippen LogP contribution in [0.25, 0.3) is 62.6 Å². The van der Waals surface area contributed by atoms with E-state index in [4.69, 9.17) is 31.0 Å². The Morgan fingerprint density at radius 2 is 0.981 bits per heavy atom. The maximum absolute atomic E-state index is 8.13. The smallest absolute Gasteiger partial charge is 0.0645 e. The van der Waals surface area contributed by atoms with E-state index >= 15 is 0 Å². The molecule has 0 amide bonds. The minimum absolute atomic E-state index is 0.0800. The highest BCUT2D eigenvalue weighted by Gasteiger charge is 2.12. The van der Waals surface area contributed by atoms with Gasteiger partial charge in [-0.15, -0.1) is 22.7 Å². The van der Waals surface area contributed by atoms with Gasteiger partial charge in [0.1, 0.15) is 0 Å². The average Bonchev–Trinajstić information content (AvgIpc) is 3.88. The number of para-hydroxylation sites is 2. The molecule has 0 aliphatic heterocycles. The summed E-state index contributed by atoms with van der Waals surface area (Å²) in [5.74, 6) is 0. The van der Waals surface area contributed by atoms with E-state index < -0.39 is 24.2 Å². The second kappa shape index (κ2) is 15.8. The van der Waals surface area contributed by atoms with Crippen LogP contribution in [0.2, 0.25) is 5.02 Å². The monoisotopic (exact) mass is 748 g/mol. The summed E-state index contributed by atoms with van der Waals surface area (Å²) >= 11 is 9.61. The Kier molecular flexibility index (Phi) is 7.25. The van der Waals surface area contributed by atoms with Gasteiger partial charge in [0.25, 0.3) is 0 Å². The second-order valence-corrected chi connectivity index (χ2v) is 14.4. The van der Waals surface area contributed by atoms with Crippen molar-refractivity contribution < 1.29 is 13.7 Å². The lowest BCUT2D eigenvalue weighted by Gasteiger charge is -2.06. The number of rotatable bonds is 4. The van der Waals surface area contributed by atoms with E-state index in [1.165, 1.54) is 46.9 Å². The molecule has 0 aliphatic rings. The predicted octanol–water partition coefficient (Wildman–Crippen LogP) is 15.1. The van der Waals surface area contributed by atoms with Gasteiger partial charge in [-0.25, -0.2) is 0 Å². The number of fused-ring (bicyclic) bond motifs is 6. The normalized spacial score (nSPS) is 13.5. The average molecular weight is 749 g/mol. The first-order chi connectivity index (χ1) is 30.2. The highest BCUT2D eigenvalue weighted by Crippen LogP contribution is 2.42. The SMILES string of the molecule is Clc1ccc2c(c1)sc1c(-c3ccccc3)cccc12.[2H]c1c([2H])c([2H])c(N)c([2H])c1[2H].[2H]c1c([2H])c([2H])c(Nc2ccc3c(c2)sc2c(-c4ccccc4)cccc23)c([2H])c1[2H]. The Labute approximate surface area is 336 Å². The fourth-order valence-corrected chi connectivity index (χ4v) is 8.85. The van der Waals surface area contributed by atoms with Crippen molar-refractivity contribution in [2.75, 3.05) is 11.1 Å². The molecule has 10 aromatic rings. The van der Waals surface area contributed by atoms with Crippen LogP contribution in [0.1, 0.15) is 13.7 Å². The fourth-order valence-electron chi connectivity index (χ4n) is 6.05. The van der Waals surface area contributed by atoms with Gasteiger partial charge >= 0.3 is 0 Å². The number of nitrogens with one attached hydrogen (secondary N) is 1. The highest BCUT2D eigenvalue weighted by molar-refractivity contribution is 7.26. The summed E-state index contributed by atoms with van der Waals surface area (Å²) in [5, 5.41) is 8.74. The van der Waals surface area contributed by atoms with E-state index in [1.807, 2.05) is 59.9 Å². The molecule has 5 heteroatoms. The summed E-state index contributed by atoms with van der Waals surface area (Å²) in [5.41, 5.74) is 10.7. The maximum atomic E-state index is 8.13. The number of thiophene rings is 2. The summed E-state index contributed by atoms with van der Waals surface area (Å²) < 4.78 is 80.4. The second-order valence-electron chi connectivity index (χ2n) is 11.8. The molecule has 10 rings (SSSR count). The van der Waals surface area contributed by atoms with Crippen LogP contribution in [0, 0.1) is 0 Å². The van der Waals surface area contributed by atoms with Crippen LogP contribution in [0.5, 0.6) is 0 Å². The third kappa shape index (κ3) is 7.67. The molecule has 2 nitrogen and oxygen atoms in total. The zero-order valence-electron chi connectivity index (χ0n) is 38.0. The molecular weight excluding hydrogens is 704 g/mol. The number of halogens is 1. The number of nitrogens with two attached hydrogens (primary N) is 1. The van der Waals surface area contributed by atoms with Crippen molar-refractivity contribution in [2.45, 2.75) is 0 Å².